The first kappa shape index (κ1) is 29.3. The van der Waals surface area contributed by atoms with Crippen LogP contribution in [0.25, 0.3) is 0 Å². The largest absolute Gasteiger partial charge is 0.466 e. The van der Waals surface area contributed by atoms with Gasteiger partial charge in [0, 0.05) is 33.6 Å². The topological polar surface area (TPSA) is 157 Å². The Kier molecular flexibility index (Phi) is 5.63. The molecule has 0 aromatic heterocycles. The highest BCUT2D eigenvalue weighted by atomic mass is 16.6. The van der Waals surface area contributed by atoms with Crippen LogP contribution in [0.1, 0.15) is 60.3 Å². The molecule has 0 radical (unpaired) electrons. The van der Waals surface area contributed by atoms with Gasteiger partial charge in [-0.05, 0) is 92.6 Å². The molecule has 1 heterocycles. The van der Waals surface area contributed by atoms with Gasteiger partial charge in [0.1, 0.15) is 12.7 Å². The van der Waals surface area contributed by atoms with E-state index in [-0.39, 0.29) is 65.8 Å². The number of aliphatic hydroxyl groups is 3. The van der Waals surface area contributed by atoms with Crippen LogP contribution in [-0.2, 0) is 33.4 Å². The second-order valence-corrected chi connectivity index (χ2v) is 15.2. The highest BCUT2D eigenvalue weighted by molar-refractivity contribution is 6.12. The molecule has 10 heteroatoms. The van der Waals surface area contributed by atoms with E-state index in [9.17, 15) is 34.5 Å². The van der Waals surface area contributed by atoms with Gasteiger partial charge in [0.2, 0.25) is 0 Å². The molecule has 240 valence electrons. The average molecular weight is 621 g/mol. The van der Waals surface area contributed by atoms with Crippen LogP contribution >= 0.6 is 0 Å². The van der Waals surface area contributed by atoms with Crippen molar-refractivity contribution in [2.75, 3.05) is 13.7 Å². The molecule has 10 nitrogen and oxygen atoms in total. The monoisotopic (exact) mass is 620 g/mol. The van der Waals surface area contributed by atoms with E-state index < -0.39 is 63.8 Å². The van der Waals surface area contributed by atoms with E-state index in [1.54, 1.807) is 26.8 Å². The molecule has 12 atom stereocenters. The SMILES string of the molecule is C/C=C(\C)C(=O)OCC1=C2C[C@H]3[C@H](O)[C@H]4C[C@H]4[C@]3(C)[C@@H]3C[C@@]4(O)C5=C(/C(=C(/C)C(=O)OC)C(=O)[C@H](O)[C@@]5(C)[C@@H]5C[C@@H]54)[C@]23OC1=O. The molecule has 8 aliphatic rings. The van der Waals surface area contributed by atoms with Crippen molar-refractivity contribution < 1.29 is 48.7 Å². The lowest BCUT2D eigenvalue weighted by molar-refractivity contribution is -0.172. The fraction of sp³-hybridized carbons (Fsp3) is 0.657. The number of ether oxygens (including phenoxy) is 3. The number of carbonyl (C=O) groups excluding carboxylic acids is 4. The lowest BCUT2D eigenvalue weighted by Crippen LogP contribution is -2.66. The Hall–Kier alpha value is -3.08. The first-order chi connectivity index (χ1) is 21.1. The van der Waals surface area contributed by atoms with Gasteiger partial charge >= 0.3 is 17.9 Å². The molecular formula is C35H40O10. The van der Waals surface area contributed by atoms with E-state index in [1.807, 2.05) is 0 Å². The predicted octanol–water partition coefficient (Wildman–Crippen LogP) is 2.26. The zero-order valence-electron chi connectivity index (χ0n) is 26.4. The Labute approximate surface area is 261 Å². The van der Waals surface area contributed by atoms with E-state index in [1.165, 1.54) is 14.0 Å². The molecule has 0 unspecified atom stereocenters. The summed E-state index contributed by atoms with van der Waals surface area (Å²) in [4.78, 5) is 54.3. The zero-order chi connectivity index (χ0) is 32.3. The molecular weight excluding hydrogens is 580 g/mol. The van der Waals surface area contributed by atoms with Crippen molar-refractivity contribution >= 4 is 23.7 Å². The van der Waals surface area contributed by atoms with Gasteiger partial charge in [0.25, 0.3) is 0 Å². The second kappa shape index (κ2) is 8.63. The van der Waals surface area contributed by atoms with Crippen LogP contribution < -0.4 is 0 Å². The van der Waals surface area contributed by atoms with Gasteiger partial charge in [-0.1, -0.05) is 19.9 Å². The normalized spacial score (nSPS) is 49.3. The van der Waals surface area contributed by atoms with Crippen LogP contribution in [0.15, 0.2) is 45.1 Å². The van der Waals surface area contributed by atoms with Gasteiger partial charge in [0.15, 0.2) is 11.4 Å². The van der Waals surface area contributed by atoms with Gasteiger partial charge < -0.3 is 29.5 Å². The first-order valence-electron chi connectivity index (χ1n) is 16.1. The fourth-order valence-corrected chi connectivity index (χ4v) is 11.5. The van der Waals surface area contributed by atoms with Crippen molar-refractivity contribution in [2.24, 2.45) is 46.3 Å². The lowest BCUT2D eigenvalue weighted by atomic mass is 9.43. The lowest BCUT2D eigenvalue weighted by Gasteiger charge is -2.62. The summed E-state index contributed by atoms with van der Waals surface area (Å²) in [6.07, 6.45) is 1.43. The Bertz CT molecular complexity index is 1660. The summed E-state index contributed by atoms with van der Waals surface area (Å²) in [5.41, 5.74) is -2.95. The molecule has 0 aromatic rings. The number of hydrogen-bond donors (Lipinski definition) is 3. The highest BCUT2D eigenvalue weighted by Crippen LogP contribution is 2.82. The summed E-state index contributed by atoms with van der Waals surface area (Å²) in [6.45, 7) is 8.35. The minimum absolute atomic E-state index is 0.0361. The standard InChI is InChI=1S/C35H40O10/c1-7-13(2)29(39)44-12-16-18-9-21-25(36)15-8-17(15)32(21,4)22-11-34(42)20-10-19(20)33(5)27(34)24(35(18,22)45-31(16)41)23(26(37)28(33)38)14(3)30(40)43-6/h7,15,17,19-22,25,28,36,38,42H,8-12H2,1-6H3/b13-7+,23-14+/t15-,17+,19+,20-,21-,22-,25+,28-,32-,33-,34-,35-/m0/s1. The second-order valence-electron chi connectivity index (χ2n) is 15.2. The zero-order valence-corrected chi connectivity index (χ0v) is 26.4. The molecule has 1 spiro atoms. The molecule has 45 heavy (non-hydrogen) atoms. The van der Waals surface area contributed by atoms with E-state index in [0.717, 1.165) is 6.42 Å². The van der Waals surface area contributed by atoms with Gasteiger partial charge in [-0.25, -0.2) is 14.4 Å². The van der Waals surface area contributed by atoms with Crippen LogP contribution in [-0.4, -0.2) is 76.1 Å². The Balaban J connectivity index is 1.45. The molecule has 5 fully saturated rings. The van der Waals surface area contributed by atoms with E-state index >= 15 is 0 Å². The maximum atomic E-state index is 14.4. The number of methoxy groups -OCH3 is 1. The average Bonchev–Trinajstić information content (AvgIpc) is 3.92. The summed E-state index contributed by atoms with van der Waals surface area (Å²) in [5, 5.41) is 36.1. The molecule has 3 N–H and O–H groups in total. The van der Waals surface area contributed by atoms with Crippen molar-refractivity contribution in [3.05, 3.63) is 45.1 Å². The third-order valence-corrected chi connectivity index (χ3v) is 13.8. The Morgan fingerprint density at radius 2 is 1.76 bits per heavy atom. The number of hydrogen-bond acceptors (Lipinski definition) is 10. The summed E-state index contributed by atoms with van der Waals surface area (Å²) < 4.78 is 17.2. The van der Waals surface area contributed by atoms with Crippen LogP contribution in [0.3, 0.4) is 0 Å². The third kappa shape index (κ3) is 3.08. The fourth-order valence-electron chi connectivity index (χ4n) is 11.5. The van der Waals surface area contributed by atoms with Gasteiger partial charge in [0.05, 0.1) is 24.4 Å². The van der Waals surface area contributed by atoms with Crippen molar-refractivity contribution in [3.8, 4) is 0 Å². The molecule has 0 amide bonds. The number of ketones is 1. The van der Waals surface area contributed by atoms with Crippen LogP contribution in [0.2, 0.25) is 0 Å². The van der Waals surface area contributed by atoms with Gasteiger partial charge in [-0.2, -0.15) is 0 Å². The number of esters is 3. The number of aliphatic hydroxyl groups excluding tert-OH is 2. The molecule has 0 saturated heterocycles. The minimum atomic E-state index is -1.56. The van der Waals surface area contributed by atoms with E-state index in [4.69, 9.17) is 14.2 Å². The van der Waals surface area contributed by atoms with Crippen LogP contribution in [0.5, 0.6) is 0 Å². The number of Topliss-reactive ketones (excluding diaryl/α,β-unsaturated/α-hetero) is 1. The molecule has 7 aliphatic carbocycles. The summed E-state index contributed by atoms with van der Waals surface area (Å²) in [6, 6.07) is 0. The number of rotatable bonds is 4. The maximum absolute atomic E-state index is 14.4. The number of fused-ring (bicyclic) bond motifs is 7. The summed E-state index contributed by atoms with van der Waals surface area (Å²) in [5.74, 6) is -3.65. The number of carbonyl (C=O) groups is 4. The van der Waals surface area contributed by atoms with Crippen molar-refractivity contribution in [2.45, 2.75) is 83.7 Å². The maximum Gasteiger partial charge on any atom is 0.338 e. The molecule has 0 aromatic carbocycles. The number of allylic oxidation sites excluding steroid dienone is 1. The van der Waals surface area contributed by atoms with Gasteiger partial charge in [-0.15, -0.1) is 0 Å². The smallest absolute Gasteiger partial charge is 0.338 e. The van der Waals surface area contributed by atoms with Crippen molar-refractivity contribution in [3.63, 3.8) is 0 Å². The highest BCUT2D eigenvalue weighted by Gasteiger charge is 2.84. The molecule has 8 rings (SSSR count). The van der Waals surface area contributed by atoms with Crippen LogP contribution in [0, 0.1) is 46.3 Å². The molecule has 0 bridgehead atoms. The predicted molar refractivity (Wildman–Crippen MR) is 156 cm³/mol. The quantitative estimate of drug-likeness (QED) is 0.242. The van der Waals surface area contributed by atoms with Crippen molar-refractivity contribution in [1.82, 2.24) is 0 Å². The third-order valence-electron chi connectivity index (χ3n) is 13.8. The van der Waals surface area contributed by atoms with E-state index in [2.05, 4.69) is 6.92 Å². The van der Waals surface area contributed by atoms with Crippen LogP contribution in [0.4, 0.5) is 0 Å². The Morgan fingerprint density at radius 1 is 1.04 bits per heavy atom. The minimum Gasteiger partial charge on any atom is -0.466 e. The van der Waals surface area contributed by atoms with E-state index in [0.29, 0.717) is 28.7 Å². The molecule has 1 aliphatic heterocycles. The van der Waals surface area contributed by atoms with Crippen molar-refractivity contribution in [1.29, 1.82) is 0 Å². The summed E-state index contributed by atoms with van der Waals surface area (Å²) in [7, 11) is 1.21. The van der Waals surface area contributed by atoms with Gasteiger partial charge in [-0.3, -0.25) is 4.79 Å². The summed E-state index contributed by atoms with van der Waals surface area (Å²) >= 11 is 0. The first-order valence-corrected chi connectivity index (χ1v) is 16.1. The molecule has 5 saturated carbocycles. The Morgan fingerprint density at radius 3 is 2.42 bits per heavy atom.